The predicted octanol–water partition coefficient (Wildman–Crippen LogP) is 2.37. The van der Waals surface area contributed by atoms with E-state index < -0.39 is 0 Å². The van der Waals surface area contributed by atoms with Crippen molar-refractivity contribution in [3.05, 3.63) is 29.8 Å². The first-order valence-corrected chi connectivity index (χ1v) is 6.89. The van der Waals surface area contributed by atoms with Gasteiger partial charge in [0.15, 0.2) is 0 Å². The lowest BCUT2D eigenvalue weighted by atomic mass is 10.0. The maximum Gasteiger partial charge on any atom is 0.239 e. The van der Waals surface area contributed by atoms with E-state index in [0.29, 0.717) is 5.92 Å². The van der Waals surface area contributed by atoms with Crippen LogP contribution in [0.2, 0.25) is 0 Å². The largest absolute Gasteiger partial charge is 0.347 e. The number of hydrogen-bond acceptors (Lipinski definition) is 3. The first-order valence-electron chi connectivity index (χ1n) is 6.89. The molecule has 1 amide bonds. The zero-order valence-electron chi connectivity index (χ0n) is 12.9. The van der Waals surface area contributed by atoms with Gasteiger partial charge in [0, 0.05) is 26.3 Å². The van der Waals surface area contributed by atoms with Crippen LogP contribution in [0.1, 0.15) is 38.8 Å². The average Bonchev–Trinajstić information content (AvgIpc) is 2.36. The van der Waals surface area contributed by atoms with Crippen molar-refractivity contribution in [3.8, 4) is 0 Å². The van der Waals surface area contributed by atoms with Gasteiger partial charge in [0.1, 0.15) is 5.82 Å². The van der Waals surface area contributed by atoms with Crippen molar-refractivity contribution in [1.82, 2.24) is 15.2 Å². The van der Waals surface area contributed by atoms with Gasteiger partial charge in [-0.1, -0.05) is 13.8 Å². The van der Waals surface area contributed by atoms with Crippen molar-refractivity contribution in [3.63, 3.8) is 0 Å². The van der Waals surface area contributed by atoms with Gasteiger partial charge >= 0.3 is 0 Å². The molecule has 0 radical (unpaired) electrons. The lowest BCUT2D eigenvalue weighted by molar-refractivity contribution is -0.131. The second kappa shape index (κ2) is 7.33. The normalized spacial score (nSPS) is 14.2. The first-order chi connectivity index (χ1) is 9.31. The zero-order chi connectivity index (χ0) is 15.3. The highest BCUT2D eigenvalue weighted by Crippen LogP contribution is 2.16. The van der Waals surface area contributed by atoms with Crippen molar-refractivity contribution in [2.45, 2.75) is 39.3 Å². The van der Waals surface area contributed by atoms with E-state index in [1.807, 2.05) is 6.92 Å². The molecule has 1 aromatic rings. The molecule has 0 saturated heterocycles. The molecule has 0 bridgehead atoms. The van der Waals surface area contributed by atoms with Gasteiger partial charge in [0.05, 0.1) is 12.2 Å². The molecular formula is C15H24FN3O. The van der Waals surface area contributed by atoms with Crippen molar-refractivity contribution in [2.24, 2.45) is 5.92 Å². The second-order valence-electron chi connectivity index (χ2n) is 5.74. The number of carbonyl (C=O) groups is 1. The maximum atomic E-state index is 13.2. The van der Waals surface area contributed by atoms with E-state index in [1.165, 1.54) is 12.3 Å². The van der Waals surface area contributed by atoms with Gasteiger partial charge < -0.3 is 4.90 Å². The smallest absolute Gasteiger partial charge is 0.239 e. The van der Waals surface area contributed by atoms with Gasteiger partial charge in [0.25, 0.3) is 0 Å². The van der Waals surface area contributed by atoms with E-state index in [1.54, 1.807) is 25.2 Å². The summed E-state index contributed by atoms with van der Waals surface area (Å²) < 4.78 is 13.2. The number of hydrogen-bond donors (Lipinski definition) is 1. The number of pyridine rings is 1. The van der Waals surface area contributed by atoms with Crippen LogP contribution in [0.5, 0.6) is 0 Å². The summed E-state index contributed by atoms with van der Waals surface area (Å²) in [4.78, 5) is 17.6. The Balaban J connectivity index is 2.81. The van der Waals surface area contributed by atoms with Gasteiger partial charge in [-0.25, -0.2) is 4.39 Å². The quantitative estimate of drug-likeness (QED) is 0.870. The Morgan fingerprint density at radius 2 is 2.00 bits per heavy atom. The molecule has 1 N–H and O–H groups in total. The highest BCUT2D eigenvalue weighted by atomic mass is 19.1. The summed E-state index contributed by atoms with van der Waals surface area (Å²) in [5, 5.41) is 3.28. The summed E-state index contributed by atoms with van der Waals surface area (Å²) in [5.74, 6) is 0.0691. The topological polar surface area (TPSA) is 45.2 Å². The Kier molecular flexibility index (Phi) is 6.07. The molecule has 4 nitrogen and oxygen atoms in total. The molecule has 20 heavy (non-hydrogen) atoms. The van der Waals surface area contributed by atoms with Gasteiger partial charge in [-0.3, -0.25) is 15.1 Å². The van der Waals surface area contributed by atoms with Crippen LogP contribution in [-0.2, 0) is 4.79 Å². The Bertz CT molecular complexity index is 448. The Hall–Kier alpha value is -1.49. The van der Waals surface area contributed by atoms with Crippen LogP contribution >= 0.6 is 0 Å². The van der Waals surface area contributed by atoms with Crippen LogP contribution in [0, 0.1) is 11.7 Å². The molecule has 0 aliphatic rings. The summed E-state index contributed by atoms with van der Waals surface area (Å²) in [7, 11) is 3.48. The fourth-order valence-corrected chi connectivity index (χ4v) is 2.09. The summed E-state index contributed by atoms with van der Waals surface area (Å²) >= 11 is 0. The van der Waals surface area contributed by atoms with Crippen LogP contribution < -0.4 is 5.32 Å². The number of likely N-dealkylation sites (N-methyl/N-ethyl adjacent to an activating group) is 1. The zero-order valence-corrected chi connectivity index (χ0v) is 12.9. The predicted molar refractivity (Wildman–Crippen MR) is 77.7 cm³/mol. The average molecular weight is 281 g/mol. The third-order valence-electron chi connectivity index (χ3n) is 3.12. The summed E-state index contributed by atoms with van der Waals surface area (Å²) in [6, 6.07) is 1.03. The lowest BCUT2D eigenvalue weighted by Gasteiger charge is -2.26. The van der Waals surface area contributed by atoms with Gasteiger partial charge in [-0.05, 0) is 30.9 Å². The van der Waals surface area contributed by atoms with E-state index in [9.17, 15) is 9.18 Å². The van der Waals surface area contributed by atoms with Crippen molar-refractivity contribution >= 4 is 5.91 Å². The van der Waals surface area contributed by atoms with Gasteiger partial charge in [0.2, 0.25) is 5.91 Å². The van der Waals surface area contributed by atoms with E-state index in [-0.39, 0.29) is 23.8 Å². The van der Waals surface area contributed by atoms with Crippen LogP contribution in [0.4, 0.5) is 4.39 Å². The number of halogens is 1. The molecule has 0 aliphatic heterocycles. The Morgan fingerprint density at radius 3 is 2.50 bits per heavy atom. The van der Waals surface area contributed by atoms with Crippen molar-refractivity contribution < 1.29 is 9.18 Å². The number of nitrogens with zero attached hydrogens (tertiary/aromatic N) is 2. The van der Waals surface area contributed by atoms with Crippen LogP contribution in [0.15, 0.2) is 18.5 Å². The first kappa shape index (κ1) is 16.6. The van der Waals surface area contributed by atoms with Gasteiger partial charge in [-0.2, -0.15) is 0 Å². The molecular weight excluding hydrogens is 257 g/mol. The minimum atomic E-state index is -0.365. The molecule has 0 saturated carbocycles. The fourth-order valence-electron chi connectivity index (χ4n) is 2.09. The van der Waals surface area contributed by atoms with E-state index >= 15 is 0 Å². The van der Waals surface area contributed by atoms with E-state index in [0.717, 1.165) is 12.0 Å². The summed E-state index contributed by atoms with van der Waals surface area (Å²) in [6.07, 6.45) is 3.53. The van der Waals surface area contributed by atoms with Crippen LogP contribution in [-0.4, -0.2) is 35.9 Å². The third-order valence-corrected chi connectivity index (χ3v) is 3.12. The van der Waals surface area contributed by atoms with Crippen LogP contribution in [0.3, 0.4) is 0 Å². The third kappa shape index (κ3) is 4.89. The molecule has 1 heterocycles. The molecule has 5 heteroatoms. The molecule has 1 aromatic heterocycles. The van der Waals surface area contributed by atoms with Gasteiger partial charge in [-0.15, -0.1) is 0 Å². The number of amides is 1. The Morgan fingerprint density at radius 1 is 1.35 bits per heavy atom. The lowest BCUT2D eigenvalue weighted by Crippen LogP contribution is -2.45. The minimum Gasteiger partial charge on any atom is -0.347 e. The molecule has 2 unspecified atom stereocenters. The molecule has 0 fully saturated rings. The highest BCUT2D eigenvalue weighted by Gasteiger charge is 2.23. The Labute approximate surface area is 120 Å². The number of rotatable bonds is 6. The second-order valence-corrected chi connectivity index (χ2v) is 5.74. The summed E-state index contributed by atoms with van der Waals surface area (Å²) in [5.41, 5.74) is 0.741. The van der Waals surface area contributed by atoms with E-state index in [4.69, 9.17) is 0 Å². The standard InChI is InChI=1S/C15H24FN3O/c1-10(2)6-14(15(20)19(4)5)18-11(3)12-7-13(16)9-17-8-12/h7-11,14,18H,6H2,1-5H3. The molecule has 0 spiro atoms. The molecule has 0 aliphatic carbocycles. The van der Waals surface area contributed by atoms with Crippen LogP contribution in [0.25, 0.3) is 0 Å². The molecule has 0 aromatic carbocycles. The number of aromatic nitrogens is 1. The SMILES string of the molecule is CC(C)CC(NC(C)c1cncc(F)c1)C(=O)N(C)C. The molecule has 1 rings (SSSR count). The summed E-state index contributed by atoms with van der Waals surface area (Å²) in [6.45, 7) is 6.06. The minimum absolute atomic E-state index is 0.0370. The molecule has 2 atom stereocenters. The highest BCUT2D eigenvalue weighted by molar-refractivity contribution is 5.81. The van der Waals surface area contributed by atoms with E-state index in [2.05, 4.69) is 24.1 Å². The van der Waals surface area contributed by atoms with Crippen molar-refractivity contribution in [2.75, 3.05) is 14.1 Å². The number of carbonyl (C=O) groups excluding carboxylic acids is 1. The van der Waals surface area contributed by atoms with Crippen molar-refractivity contribution in [1.29, 1.82) is 0 Å². The molecule has 112 valence electrons. The number of nitrogens with one attached hydrogen (secondary N) is 1. The monoisotopic (exact) mass is 281 g/mol. The fraction of sp³-hybridized carbons (Fsp3) is 0.600. The maximum absolute atomic E-state index is 13.2.